The maximum absolute atomic E-state index is 13.7. The lowest BCUT2D eigenvalue weighted by Crippen LogP contribution is -2.15. The van der Waals surface area contributed by atoms with Crippen LogP contribution in [-0.4, -0.2) is 25.2 Å². The lowest BCUT2D eigenvalue weighted by Gasteiger charge is -2.07. The molecule has 2 rings (SSSR count). The van der Waals surface area contributed by atoms with Gasteiger partial charge in [0.25, 0.3) is 0 Å². The van der Waals surface area contributed by atoms with E-state index in [9.17, 15) is 17.6 Å². The molecule has 0 saturated heterocycles. The van der Waals surface area contributed by atoms with Crippen LogP contribution >= 0.6 is 11.3 Å². The van der Waals surface area contributed by atoms with E-state index < -0.39 is 21.8 Å². The molecule has 1 heterocycles. The first-order valence-electron chi connectivity index (χ1n) is 5.29. The molecule has 0 bridgehead atoms. The molecule has 8 heteroatoms. The van der Waals surface area contributed by atoms with Crippen LogP contribution in [0.2, 0.25) is 0 Å². The molecule has 2 aromatic rings. The number of thiophene rings is 1. The van der Waals surface area contributed by atoms with Gasteiger partial charge in [-0.3, -0.25) is 4.72 Å². The molecule has 0 amide bonds. The molecule has 2 N–H and O–H groups in total. The quantitative estimate of drug-likeness (QED) is 0.909. The van der Waals surface area contributed by atoms with Gasteiger partial charge >= 0.3 is 5.97 Å². The highest BCUT2D eigenvalue weighted by atomic mass is 32.2. The predicted molar refractivity (Wildman–Crippen MR) is 71.8 cm³/mol. The molecule has 0 aliphatic heterocycles. The second kappa shape index (κ2) is 4.78. The van der Waals surface area contributed by atoms with E-state index in [0.29, 0.717) is 10.1 Å². The van der Waals surface area contributed by atoms with Gasteiger partial charge in [-0.2, -0.15) is 0 Å². The Morgan fingerprint density at radius 1 is 1.42 bits per heavy atom. The summed E-state index contributed by atoms with van der Waals surface area (Å²) >= 11 is 0.935. The zero-order chi connectivity index (χ0) is 14.2. The summed E-state index contributed by atoms with van der Waals surface area (Å²) in [6.45, 7) is 1.44. The molecule has 0 atom stereocenters. The zero-order valence-corrected chi connectivity index (χ0v) is 11.4. The number of rotatable bonds is 4. The molecule has 0 radical (unpaired) electrons. The van der Waals surface area contributed by atoms with E-state index in [2.05, 4.69) is 4.72 Å². The van der Waals surface area contributed by atoms with Crippen LogP contribution in [0.1, 0.15) is 16.6 Å². The van der Waals surface area contributed by atoms with Crippen LogP contribution in [0.5, 0.6) is 0 Å². The summed E-state index contributed by atoms with van der Waals surface area (Å²) in [6.07, 6.45) is 0. The molecule has 102 valence electrons. The number of fused-ring (bicyclic) bond motifs is 1. The van der Waals surface area contributed by atoms with Crippen molar-refractivity contribution < 1.29 is 22.7 Å². The van der Waals surface area contributed by atoms with Gasteiger partial charge in [-0.1, -0.05) is 0 Å². The SMILES string of the molecule is CCS(=O)(=O)Nc1cc2cc(C(=O)O)sc2cc1F. The number of sulfonamides is 1. The highest BCUT2D eigenvalue weighted by molar-refractivity contribution is 7.92. The minimum Gasteiger partial charge on any atom is -0.477 e. The molecule has 0 fully saturated rings. The van der Waals surface area contributed by atoms with Crippen LogP contribution in [0.15, 0.2) is 18.2 Å². The van der Waals surface area contributed by atoms with E-state index in [-0.39, 0.29) is 16.3 Å². The maximum atomic E-state index is 13.7. The van der Waals surface area contributed by atoms with E-state index in [4.69, 9.17) is 5.11 Å². The van der Waals surface area contributed by atoms with Crippen molar-refractivity contribution in [3.05, 3.63) is 28.9 Å². The van der Waals surface area contributed by atoms with Crippen molar-refractivity contribution in [2.24, 2.45) is 0 Å². The fraction of sp³-hybridized carbons (Fsp3) is 0.182. The number of carboxylic acid groups (broad SMARTS) is 1. The summed E-state index contributed by atoms with van der Waals surface area (Å²) in [5.74, 6) is -2.00. The molecule has 19 heavy (non-hydrogen) atoms. The van der Waals surface area contributed by atoms with E-state index in [1.54, 1.807) is 0 Å². The fourth-order valence-corrected chi connectivity index (χ4v) is 3.03. The van der Waals surface area contributed by atoms with Crippen LogP contribution in [-0.2, 0) is 10.0 Å². The van der Waals surface area contributed by atoms with Crippen molar-refractivity contribution in [2.45, 2.75) is 6.92 Å². The third-order valence-corrected chi connectivity index (χ3v) is 4.84. The third kappa shape index (κ3) is 2.85. The van der Waals surface area contributed by atoms with Crippen LogP contribution < -0.4 is 4.72 Å². The van der Waals surface area contributed by atoms with Gasteiger partial charge in [-0.15, -0.1) is 11.3 Å². The number of benzene rings is 1. The van der Waals surface area contributed by atoms with Crippen LogP contribution in [0.25, 0.3) is 10.1 Å². The van der Waals surface area contributed by atoms with Gasteiger partial charge in [0.1, 0.15) is 10.7 Å². The third-order valence-electron chi connectivity index (χ3n) is 2.46. The molecule has 5 nitrogen and oxygen atoms in total. The summed E-state index contributed by atoms with van der Waals surface area (Å²) < 4.78 is 39.1. The second-order valence-corrected chi connectivity index (χ2v) is 6.89. The Kier molecular flexibility index (Phi) is 3.46. The van der Waals surface area contributed by atoms with Crippen molar-refractivity contribution in [1.29, 1.82) is 0 Å². The smallest absolute Gasteiger partial charge is 0.345 e. The molecular weight excluding hydrogens is 293 g/mol. The van der Waals surface area contributed by atoms with E-state index in [0.717, 1.165) is 17.4 Å². The first-order chi connectivity index (χ1) is 8.82. The number of nitrogens with one attached hydrogen (secondary N) is 1. The van der Waals surface area contributed by atoms with Gasteiger partial charge in [0.15, 0.2) is 0 Å². The summed E-state index contributed by atoms with van der Waals surface area (Å²) in [4.78, 5) is 10.9. The molecule has 0 unspecified atom stereocenters. The van der Waals surface area contributed by atoms with Crippen molar-refractivity contribution in [3.63, 3.8) is 0 Å². The molecule has 0 aliphatic carbocycles. The monoisotopic (exact) mass is 303 g/mol. The minimum absolute atomic E-state index is 0.0740. The van der Waals surface area contributed by atoms with Gasteiger partial charge in [0.05, 0.1) is 11.4 Å². The fourth-order valence-electron chi connectivity index (χ4n) is 1.49. The number of hydrogen-bond donors (Lipinski definition) is 2. The average Bonchev–Trinajstić information content (AvgIpc) is 2.72. The summed E-state index contributed by atoms with van der Waals surface area (Å²) in [7, 11) is -3.58. The molecule has 1 aromatic carbocycles. The van der Waals surface area contributed by atoms with Gasteiger partial charge in [-0.05, 0) is 30.5 Å². The Morgan fingerprint density at radius 3 is 2.68 bits per heavy atom. The van der Waals surface area contributed by atoms with Crippen LogP contribution in [0.3, 0.4) is 0 Å². The maximum Gasteiger partial charge on any atom is 0.345 e. The Morgan fingerprint density at radius 2 is 2.11 bits per heavy atom. The van der Waals surface area contributed by atoms with Gasteiger partial charge in [0.2, 0.25) is 10.0 Å². The molecule has 1 aromatic heterocycles. The molecular formula is C11H10FNO4S2. The largest absolute Gasteiger partial charge is 0.477 e. The highest BCUT2D eigenvalue weighted by Crippen LogP contribution is 2.30. The van der Waals surface area contributed by atoms with E-state index in [1.807, 2.05) is 0 Å². The Labute approximate surface area is 112 Å². The number of anilines is 1. The normalized spacial score (nSPS) is 11.7. The van der Waals surface area contributed by atoms with E-state index in [1.165, 1.54) is 19.1 Å². The number of carboxylic acids is 1. The number of hydrogen-bond acceptors (Lipinski definition) is 4. The number of carbonyl (C=O) groups is 1. The Hall–Kier alpha value is -1.67. The number of aromatic carboxylic acids is 1. The van der Waals surface area contributed by atoms with Gasteiger partial charge in [-0.25, -0.2) is 17.6 Å². The lowest BCUT2D eigenvalue weighted by atomic mass is 10.2. The Balaban J connectivity index is 2.52. The molecule has 0 aliphatic rings. The summed E-state index contributed by atoms with van der Waals surface area (Å²) in [5, 5.41) is 9.34. The van der Waals surface area contributed by atoms with Gasteiger partial charge < -0.3 is 5.11 Å². The predicted octanol–water partition coefficient (Wildman–Crippen LogP) is 2.50. The van der Waals surface area contributed by atoms with Crippen LogP contribution in [0.4, 0.5) is 10.1 Å². The zero-order valence-electron chi connectivity index (χ0n) is 9.81. The lowest BCUT2D eigenvalue weighted by molar-refractivity contribution is 0.0702. The van der Waals surface area contributed by atoms with Crippen molar-refractivity contribution in [1.82, 2.24) is 0 Å². The summed E-state index contributed by atoms with van der Waals surface area (Å²) in [5.41, 5.74) is -0.177. The molecule has 0 saturated carbocycles. The molecule has 0 spiro atoms. The first kappa shape index (κ1) is 13.8. The van der Waals surface area contributed by atoms with Gasteiger partial charge in [0, 0.05) is 4.70 Å². The van der Waals surface area contributed by atoms with Crippen molar-refractivity contribution in [2.75, 3.05) is 10.5 Å². The van der Waals surface area contributed by atoms with Crippen molar-refractivity contribution in [3.8, 4) is 0 Å². The minimum atomic E-state index is -3.58. The second-order valence-electron chi connectivity index (χ2n) is 3.79. The summed E-state index contributed by atoms with van der Waals surface area (Å²) in [6, 6.07) is 3.80. The average molecular weight is 303 g/mol. The van der Waals surface area contributed by atoms with Crippen LogP contribution in [0, 0.1) is 5.82 Å². The first-order valence-corrected chi connectivity index (χ1v) is 7.76. The number of halogens is 1. The van der Waals surface area contributed by atoms with E-state index >= 15 is 0 Å². The Bertz CT molecular complexity index is 751. The topological polar surface area (TPSA) is 83.5 Å². The standard InChI is InChI=1S/C11H10FNO4S2/c1-2-19(16,17)13-8-3-6-4-10(11(14)15)18-9(6)5-7(8)12/h3-5,13H,2H2,1H3,(H,14,15). The highest BCUT2D eigenvalue weighted by Gasteiger charge is 2.15. The van der Waals surface area contributed by atoms with Crippen molar-refractivity contribution >= 4 is 43.1 Å².